The van der Waals surface area contributed by atoms with Gasteiger partial charge in [-0.15, -0.1) is 0 Å². The van der Waals surface area contributed by atoms with Crippen molar-refractivity contribution in [2.45, 2.75) is 58.1 Å². The summed E-state index contributed by atoms with van der Waals surface area (Å²) in [6, 6.07) is 5.79. The predicted octanol–water partition coefficient (Wildman–Crippen LogP) is 4.01. The maximum absolute atomic E-state index is 13.1. The van der Waals surface area contributed by atoms with Crippen LogP contribution in [0.2, 0.25) is 5.02 Å². The Morgan fingerprint density at radius 3 is 2.71 bits per heavy atom. The highest BCUT2D eigenvalue weighted by atomic mass is 35.5. The van der Waals surface area contributed by atoms with Gasteiger partial charge in [0.25, 0.3) is 5.91 Å². The molecular formula is C26H33ClN4O3. The molecule has 2 aliphatic carbocycles. The quantitative estimate of drug-likeness (QED) is 0.588. The van der Waals surface area contributed by atoms with Crippen LogP contribution in [0.25, 0.3) is 0 Å². The zero-order valence-corrected chi connectivity index (χ0v) is 20.4. The summed E-state index contributed by atoms with van der Waals surface area (Å²) in [6.45, 7) is 4.49. The van der Waals surface area contributed by atoms with E-state index >= 15 is 0 Å². The van der Waals surface area contributed by atoms with E-state index in [2.05, 4.69) is 27.1 Å². The Labute approximate surface area is 205 Å². The first-order chi connectivity index (χ1) is 16.5. The van der Waals surface area contributed by atoms with Gasteiger partial charge in [-0.1, -0.05) is 30.7 Å². The molecule has 7 nitrogen and oxygen atoms in total. The van der Waals surface area contributed by atoms with E-state index in [0.717, 1.165) is 62.1 Å². The standard InChI is InChI=1S/C26H33ClN4O3/c1-16-2-6-21(7-3-16)29-24(33)22-12-28-26(31-13-19-11-20(19)14-31)30-25(22)34-9-8-17-4-5-18(15-32)23(27)10-17/h4-5,10,12,16,19-21,32H,2-3,6-9,11,13-15H2,1H3,(H,29,33)/t16-,19?,20?,21-. The molecule has 3 aliphatic rings. The Kier molecular flexibility index (Phi) is 6.93. The fraction of sp³-hybridized carbons (Fsp3) is 0.577. The first-order valence-corrected chi connectivity index (χ1v) is 12.8. The number of ether oxygens (including phenoxy) is 1. The van der Waals surface area contributed by atoms with Crippen molar-refractivity contribution in [1.82, 2.24) is 15.3 Å². The lowest BCUT2D eigenvalue weighted by Gasteiger charge is -2.27. The van der Waals surface area contributed by atoms with Crippen molar-refractivity contribution in [2.24, 2.45) is 17.8 Å². The third kappa shape index (κ3) is 5.31. The number of rotatable bonds is 8. The number of aliphatic hydroxyl groups excluding tert-OH is 1. The molecule has 2 atom stereocenters. The van der Waals surface area contributed by atoms with Gasteiger partial charge in [0.2, 0.25) is 11.8 Å². The van der Waals surface area contributed by atoms with Crippen LogP contribution in [0.5, 0.6) is 5.88 Å². The second kappa shape index (κ2) is 10.1. The van der Waals surface area contributed by atoms with E-state index in [1.54, 1.807) is 6.20 Å². The number of amides is 1. The van der Waals surface area contributed by atoms with Crippen LogP contribution in [0, 0.1) is 17.8 Å². The lowest BCUT2D eigenvalue weighted by molar-refractivity contribution is 0.0917. The molecule has 1 aromatic carbocycles. The molecule has 34 heavy (non-hydrogen) atoms. The summed E-state index contributed by atoms with van der Waals surface area (Å²) in [6.07, 6.45) is 7.82. The number of fused-ring (bicyclic) bond motifs is 1. The van der Waals surface area contributed by atoms with Crippen LogP contribution in [0.3, 0.4) is 0 Å². The number of carbonyl (C=O) groups excluding carboxylic acids is 1. The average molecular weight is 485 g/mol. The SMILES string of the molecule is C[C@H]1CC[C@H](NC(=O)c2cnc(N3CC4CC4C3)nc2OCCc2ccc(CO)c(Cl)c2)CC1. The van der Waals surface area contributed by atoms with E-state index in [1.165, 1.54) is 6.42 Å². The maximum atomic E-state index is 13.1. The van der Waals surface area contributed by atoms with Gasteiger partial charge in [0.1, 0.15) is 5.56 Å². The zero-order chi connectivity index (χ0) is 23.7. The number of halogens is 1. The van der Waals surface area contributed by atoms with Gasteiger partial charge in [-0.2, -0.15) is 4.98 Å². The zero-order valence-electron chi connectivity index (χ0n) is 19.7. The lowest BCUT2D eigenvalue weighted by atomic mass is 9.87. The summed E-state index contributed by atoms with van der Waals surface area (Å²) in [5, 5.41) is 13.0. The van der Waals surface area contributed by atoms with Crippen molar-refractivity contribution in [3.63, 3.8) is 0 Å². The van der Waals surface area contributed by atoms with Gasteiger partial charge in [-0.3, -0.25) is 4.79 Å². The van der Waals surface area contributed by atoms with E-state index in [4.69, 9.17) is 16.3 Å². The number of benzene rings is 1. The van der Waals surface area contributed by atoms with Crippen LogP contribution in [-0.2, 0) is 13.0 Å². The highest BCUT2D eigenvalue weighted by Gasteiger charge is 2.46. The van der Waals surface area contributed by atoms with Crippen molar-refractivity contribution in [1.29, 1.82) is 0 Å². The van der Waals surface area contributed by atoms with E-state index in [1.807, 2.05) is 18.2 Å². The van der Waals surface area contributed by atoms with Gasteiger partial charge in [0, 0.05) is 36.8 Å². The molecule has 0 radical (unpaired) electrons. The summed E-state index contributed by atoms with van der Waals surface area (Å²) in [5.74, 6) is 3.06. The molecular weight excluding hydrogens is 452 g/mol. The number of piperidine rings is 1. The van der Waals surface area contributed by atoms with E-state index in [-0.39, 0.29) is 18.6 Å². The van der Waals surface area contributed by atoms with Crippen molar-refractivity contribution in [3.8, 4) is 5.88 Å². The minimum absolute atomic E-state index is 0.0874. The van der Waals surface area contributed by atoms with Crippen molar-refractivity contribution in [2.75, 3.05) is 24.6 Å². The smallest absolute Gasteiger partial charge is 0.258 e. The van der Waals surface area contributed by atoms with Crippen molar-refractivity contribution < 1.29 is 14.6 Å². The van der Waals surface area contributed by atoms with Gasteiger partial charge >= 0.3 is 0 Å². The Morgan fingerprint density at radius 2 is 2.00 bits per heavy atom. The third-order valence-electron chi connectivity index (χ3n) is 7.52. The van der Waals surface area contributed by atoms with E-state index in [9.17, 15) is 9.90 Å². The molecule has 0 spiro atoms. The van der Waals surface area contributed by atoms with Crippen LogP contribution in [0.4, 0.5) is 5.95 Å². The topological polar surface area (TPSA) is 87.6 Å². The summed E-state index contributed by atoms with van der Waals surface area (Å²) >= 11 is 6.22. The molecule has 2 heterocycles. The molecule has 2 N–H and O–H groups in total. The van der Waals surface area contributed by atoms with Gasteiger partial charge in [-0.25, -0.2) is 4.98 Å². The molecule has 2 aromatic rings. The molecule has 182 valence electrons. The number of aliphatic hydroxyl groups is 1. The third-order valence-corrected chi connectivity index (χ3v) is 7.87. The second-order valence-electron chi connectivity index (χ2n) is 10.2. The minimum Gasteiger partial charge on any atom is -0.477 e. The van der Waals surface area contributed by atoms with Crippen molar-refractivity contribution >= 4 is 23.5 Å². The lowest BCUT2D eigenvalue weighted by Crippen LogP contribution is -2.37. The summed E-state index contributed by atoms with van der Waals surface area (Å²) < 4.78 is 6.07. The molecule has 2 unspecified atom stereocenters. The Morgan fingerprint density at radius 1 is 1.24 bits per heavy atom. The largest absolute Gasteiger partial charge is 0.477 e. The van der Waals surface area contributed by atoms with Crippen LogP contribution in [0.1, 0.15) is 60.5 Å². The number of hydrogen-bond donors (Lipinski definition) is 2. The first-order valence-electron chi connectivity index (χ1n) is 12.4. The number of anilines is 1. The number of aromatic nitrogens is 2. The molecule has 0 bridgehead atoms. The summed E-state index contributed by atoms with van der Waals surface area (Å²) in [7, 11) is 0. The number of carbonyl (C=O) groups is 1. The van der Waals surface area contributed by atoms with Crippen molar-refractivity contribution in [3.05, 3.63) is 46.1 Å². The monoisotopic (exact) mass is 484 g/mol. The fourth-order valence-electron chi connectivity index (χ4n) is 5.14. The van der Waals surface area contributed by atoms with Crippen LogP contribution in [-0.4, -0.2) is 46.7 Å². The number of nitrogens with zero attached hydrogens (tertiary/aromatic N) is 3. The number of hydrogen-bond acceptors (Lipinski definition) is 6. The van der Waals surface area contributed by atoms with Crippen LogP contribution in [0.15, 0.2) is 24.4 Å². The van der Waals surface area contributed by atoms with Gasteiger partial charge in [0.15, 0.2) is 0 Å². The number of nitrogens with one attached hydrogen (secondary N) is 1. The van der Waals surface area contributed by atoms with E-state index in [0.29, 0.717) is 41.0 Å². The Balaban J connectivity index is 1.29. The normalized spacial score (nSPS) is 25.7. The van der Waals surface area contributed by atoms with Gasteiger partial charge in [0.05, 0.1) is 13.2 Å². The molecule has 2 saturated carbocycles. The second-order valence-corrected chi connectivity index (χ2v) is 10.6. The molecule has 8 heteroatoms. The van der Waals surface area contributed by atoms with E-state index < -0.39 is 0 Å². The van der Waals surface area contributed by atoms with Crippen LogP contribution >= 0.6 is 11.6 Å². The predicted molar refractivity (Wildman–Crippen MR) is 131 cm³/mol. The minimum atomic E-state index is -0.166. The molecule has 5 rings (SSSR count). The molecule has 3 fully saturated rings. The molecule has 1 amide bonds. The highest BCUT2D eigenvalue weighted by molar-refractivity contribution is 6.31. The molecule has 1 saturated heterocycles. The van der Waals surface area contributed by atoms with Gasteiger partial charge < -0.3 is 20.1 Å². The maximum Gasteiger partial charge on any atom is 0.258 e. The Bertz CT molecular complexity index is 1030. The average Bonchev–Trinajstić information content (AvgIpc) is 3.45. The van der Waals surface area contributed by atoms with Crippen LogP contribution < -0.4 is 15.0 Å². The molecule has 1 aliphatic heterocycles. The Hall–Kier alpha value is -2.38. The molecule has 1 aromatic heterocycles. The first kappa shape index (κ1) is 23.4. The summed E-state index contributed by atoms with van der Waals surface area (Å²) in [4.78, 5) is 24.5. The van der Waals surface area contributed by atoms with Gasteiger partial charge in [-0.05, 0) is 67.1 Å². The fourth-order valence-corrected chi connectivity index (χ4v) is 5.41. The summed E-state index contributed by atoms with van der Waals surface area (Å²) in [5.41, 5.74) is 2.09. The highest BCUT2D eigenvalue weighted by Crippen LogP contribution is 2.45.